The number of aliphatic hydroxyl groups excluding tert-OH is 4. The Hall–Kier alpha value is -2.37. The molecule has 5 rings (SSSR count). The smallest absolute Gasteiger partial charge is 0.163 e. The van der Waals surface area contributed by atoms with Crippen LogP contribution in [0.2, 0.25) is 5.02 Å². The Balaban J connectivity index is 1.60. The van der Waals surface area contributed by atoms with Gasteiger partial charge in [-0.2, -0.15) is 0 Å². The third-order valence-corrected chi connectivity index (χ3v) is 7.30. The Kier molecular flexibility index (Phi) is 6.19. The first-order chi connectivity index (χ1) is 16.3. The number of aromatic hydroxyl groups is 1. The Bertz CT molecular complexity index is 1380. The van der Waals surface area contributed by atoms with Crippen LogP contribution in [0.15, 0.2) is 64.5 Å². The molecule has 0 bridgehead atoms. The zero-order chi connectivity index (χ0) is 24.1. The molecule has 0 spiro atoms. The first-order valence-corrected chi connectivity index (χ1v) is 11.7. The standard InChI is InChI=1S/C24H21ClFNO6S/c25-17-8-13(26)7-16-19(34-15-4-2-11-5-14(29)3-1-12(11)6-15)9-27(20(16)17)24-23(32)22(31)21(30)18(10-28)33-24/h1-9,18,21-24,28-32H,10H2/t18-,21-,22+,23-,24-/m1/s1. The predicted octanol–water partition coefficient (Wildman–Crippen LogP) is 3.42. The van der Waals surface area contributed by atoms with E-state index in [4.69, 9.17) is 16.3 Å². The van der Waals surface area contributed by atoms with E-state index in [1.165, 1.54) is 22.4 Å². The van der Waals surface area contributed by atoms with Gasteiger partial charge in [-0.3, -0.25) is 0 Å². The van der Waals surface area contributed by atoms with Gasteiger partial charge in [-0.1, -0.05) is 35.5 Å². The molecule has 5 atom stereocenters. The first-order valence-electron chi connectivity index (χ1n) is 10.5. The van der Waals surface area contributed by atoms with E-state index in [1.807, 2.05) is 18.2 Å². The van der Waals surface area contributed by atoms with Gasteiger partial charge >= 0.3 is 0 Å². The van der Waals surface area contributed by atoms with Gasteiger partial charge in [0.15, 0.2) is 6.23 Å². The minimum atomic E-state index is -1.57. The van der Waals surface area contributed by atoms with Crippen molar-refractivity contribution >= 4 is 45.0 Å². The van der Waals surface area contributed by atoms with Gasteiger partial charge in [-0.25, -0.2) is 4.39 Å². The Labute approximate surface area is 202 Å². The minimum absolute atomic E-state index is 0.0767. The number of fused-ring (bicyclic) bond motifs is 2. The fourth-order valence-electron chi connectivity index (χ4n) is 4.27. The fraction of sp³-hybridized carbons (Fsp3) is 0.250. The van der Waals surface area contributed by atoms with E-state index in [0.29, 0.717) is 15.8 Å². The molecule has 2 heterocycles. The number of benzene rings is 3. The molecule has 178 valence electrons. The van der Waals surface area contributed by atoms with Gasteiger partial charge in [-0.15, -0.1) is 0 Å². The maximum absolute atomic E-state index is 14.3. The lowest BCUT2D eigenvalue weighted by molar-refractivity contribution is -0.250. The van der Waals surface area contributed by atoms with Gasteiger partial charge in [0.2, 0.25) is 0 Å². The van der Waals surface area contributed by atoms with E-state index in [2.05, 4.69) is 0 Å². The van der Waals surface area contributed by atoms with Gasteiger partial charge < -0.3 is 34.8 Å². The average molecular weight is 506 g/mol. The lowest BCUT2D eigenvalue weighted by Crippen LogP contribution is -2.56. The van der Waals surface area contributed by atoms with Crippen molar-refractivity contribution in [2.45, 2.75) is 40.4 Å². The number of nitrogens with zero attached hydrogens (tertiary/aromatic N) is 1. The van der Waals surface area contributed by atoms with Gasteiger partial charge in [0.25, 0.3) is 0 Å². The highest BCUT2D eigenvalue weighted by atomic mass is 35.5. The summed E-state index contributed by atoms with van der Waals surface area (Å²) in [6.07, 6.45) is -5.25. The van der Waals surface area contributed by atoms with Crippen LogP contribution in [-0.4, -0.2) is 61.1 Å². The third-order valence-electron chi connectivity index (χ3n) is 5.97. The van der Waals surface area contributed by atoms with Crippen molar-refractivity contribution in [3.63, 3.8) is 0 Å². The van der Waals surface area contributed by atoms with Crippen LogP contribution >= 0.6 is 23.4 Å². The molecule has 1 fully saturated rings. The van der Waals surface area contributed by atoms with Crippen LogP contribution in [0.4, 0.5) is 4.39 Å². The number of phenols is 1. The molecule has 4 aromatic rings. The lowest BCUT2D eigenvalue weighted by atomic mass is 9.98. The van der Waals surface area contributed by atoms with E-state index in [-0.39, 0.29) is 10.8 Å². The summed E-state index contributed by atoms with van der Waals surface area (Å²) in [7, 11) is 0. The summed E-state index contributed by atoms with van der Waals surface area (Å²) in [4.78, 5) is 1.46. The Morgan fingerprint density at radius 1 is 0.971 bits per heavy atom. The molecule has 0 saturated carbocycles. The quantitative estimate of drug-likeness (QED) is 0.289. The monoisotopic (exact) mass is 505 g/mol. The number of hydrogen-bond donors (Lipinski definition) is 5. The molecule has 1 aliphatic heterocycles. The van der Waals surface area contributed by atoms with Crippen molar-refractivity contribution in [1.29, 1.82) is 0 Å². The number of halogens is 2. The van der Waals surface area contributed by atoms with Crippen LogP contribution in [0.3, 0.4) is 0 Å². The molecule has 0 radical (unpaired) electrons. The second kappa shape index (κ2) is 9.01. The largest absolute Gasteiger partial charge is 0.508 e. The van der Waals surface area contributed by atoms with Gasteiger partial charge in [0.1, 0.15) is 36.0 Å². The number of aromatic nitrogens is 1. The van der Waals surface area contributed by atoms with Crippen LogP contribution in [0.25, 0.3) is 21.7 Å². The molecule has 1 aromatic heterocycles. The van der Waals surface area contributed by atoms with E-state index in [9.17, 15) is 29.9 Å². The number of aliphatic hydroxyl groups is 4. The molecule has 34 heavy (non-hydrogen) atoms. The molecule has 1 aliphatic rings. The first kappa shape index (κ1) is 23.4. The van der Waals surface area contributed by atoms with Gasteiger partial charge in [0, 0.05) is 21.4 Å². The summed E-state index contributed by atoms with van der Waals surface area (Å²) in [5, 5.41) is 52.6. The summed E-state index contributed by atoms with van der Waals surface area (Å²) in [5.41, 5.74) is 0.376. The summed E-state index contributed by atoms with van der Waals surface area (Å²) in [5.74, 6) is -0.375. The fourth-order valence-corrected chi connectivity index (χ4v) is 5.58. The molecule has 10 heteroatoms. The molecule has 7 nitrogen and oxygen atoms in total. The zero-order valence-electron chi connectivity index (χ0n) is 17.5. The molecule has 3 aromatic carbocycles. The summed E-state index contributed by atoms with van der Waals surface area (Å²) in [6, 6.07) is 13.2. The van der Waals surface area contributed by atoms with Crippen LogP contribution in [-0.2, 0) is 4.74 Å². The molecule has 5 N–H and O–H groups in total. The average Bonchev–Trinajstić information content (AvgIpc) is 3.16. The van der Waals surface area contributed by atoms with Gasteiger partial charge in [-0.05, 0) is 47.2 Å². The van der Waals surface area contributed by atoms with Crippen molar-refractivity contribution in [2.24, 2.45) is 0 Å². The predicted molar refractivity (Wildman–Crippen MR) is 126 cm³/mol. The van der Waals surface area contributed by atoms with Gasteiger partial charge in [0.05, 0.1) is 17.1 Å². The van der Waals surface area contributed by atoms with E-state index < -0.39 is 43.1 Å². The normalized spacial score (nSPS) is 25.3. The maximum atomic E-state index is 14.3. The number of hydrogen-bond acceptors (Lipinski definition) is 7. The van der Waals surface area contributed by atoms with Crippen LogP contribution in [0.1, 0.15) is 6.23 Å². The van der Waals surface area contributed by atoms with Crippen molar-refractivity contribution in [1.82, 2.24) is 4.57 Å². The number of phenolic OH excluding ortho intramolecular Hbond substituents is 1. The summed E-state index contributed by atoms with van der Waals surface area (Å²) >= 11 is 7.73. The van der Waals surface area contributed by atoms with E-state index in [1.54, 1.807) is 24.4 Å². The van der Waals surface area contributed by atoms with E-state index in [0.717, 1.165) is 21.7 Å². The number of ether oxygens (including phenoxy) is 1. The maximum Gasteiger partial charge on any atom is 0.163 e. The molecular weight excluding hydrogens is 485 g/mol. The highest BCUT2D eigenvalue weighted by molar-refractivity contribution is 7.99. The van der Waals surface area contributed by atoms with E-state index >= 15 is 0 Å². The van der Waals surface area contributed by atoms with Crippen molar-refractivity contribution in [3.8, 4) is 5.75 Å². The highest BCUT2D eigenvalue weighted by Crippen LogP contribution is 2.42. The van der Waals surface area contributed by atoms with Crippen LogP contribution < -0.4 is 0 Å². The lowest BCUT2D eigenvalue weighted by Gasteiger charge is -2.40. The molecule has 1 saturated heterocycles. The van der Waals surface area contributed by atoms with Crippen molar-refractivity contribution in [3.05, 3.63) is 65.6 Å². The molecule has 0 aliphatic carbocycles. The summed E-state index contributed by atoms with van der Waals surface area (Å²) < 4.78 is 21.5. The Morgan fingerprint density at radius 3 is 2.47 bits per heavy atom. The van der Waals surface area contributed by atoms with Crippen LogP contribution in [0.5, 0.6) is 5.75 Å². The van der Waals surface area contributed by atoms with Crippen molar-refractivity contribution < 1.29 is 34.7 Å². The highest BCUT2D eigenvalue weighted by Gasteiger charge is 2.44. The molecule has 0 unspecified atom stereocenters. The second-order valence-electron chi connectivity index (χ2n) is 8.20. The van der Waals surface area contributed by atoms with Crippen LogP contribution in [0, 0.1) is 5.82 Å². The third kappa shape index (κ3) is 4.03. The second-order valence-corrected chi connectivity index (χ2v) is 9.72. The molecule has 0 amide bonds. The number of rotatable bonds is 4. The zero-order valence-corrected chi connectivity index (χ0v) is 19.1. The minimum Gasteiger partial charge on any atom is -0.508 e. The SMILES string of the molecule is OC[C@H]1O[C@@H](n2cc(Sc3ccc4cc(O)ccc4c3)c3cc(F)cc(Cl)c32)[C@H](O)[C@@H](O)[C@@H]1O. The Morgan fingerprint density at radius 2 is 1.71 bits per heavy atom. The summed E-state index contributed by atoms with van der Waals surface area (Å²) in [6.45, 7) is -0.572. The topological polar surface area (TPSA) is 115 Å². The molecular formula is C24H21ClFNO6S. The van der Waals surface area contributed by atoms with Crippen molar-refractivity contribution in [2.75, 3.05) is 6.61 Å².